The minimum atomic E-state index is -2.94. The van der Waals surface area contributed by atoms with E-state index in [1.807, 2.05) is 0 Å². The lowest BCUT2D eigenvalue weighted by atomic mass is 10.0. The minimum Gasteiger partial charge on any atom is -0.378 e. The summed E-state index contributed by atoms with van der Waals surface area (Å²) in [5.74, 6) is 0.209. The van der Waals surface area contributed by atoms with Gasteiger partial charge in [-0.3, -0.25) is 0 Å². The normalized spacial score (nSPS) is 37.7. The van der Waals surface area contributed by atoms with Gasteiger partial charge in [-0.05, 0) is 19.3 Å². The van der Waals surface area contributed by atoms with Crippen molar-refractivity contribution in [3.63, 3.8) is 0 Å². The quantitative estimate of drug-likeness (QED) is 0.800. The number of rotatable bonds is 3. The van der Waals surface area contributed by atoms with Crippen LogP contribution in [-0.2, 0) is 14.6 Å². The van der Waals surface area contributed by atoms with Gasteiger partial charge in [0.15, 0.2) is 9.84 Å². The lowest BCUT2D eigenvalue weighted by Crippen LogP contribution is -2.44. The zero-order chi connectivity index (χ0) is 11.6. The van der Waals surface area contributed by atoms with Crippen LogP contribution >= 0.6 is 0 Å². The smallest absolute Gasteiger partial charge is 0.173 e. The Bertz CT molecular complexity index is 363. The monoisotopic (exact) mass is 245 g/mol. The van der Waals surface area contributed by atoms with E-state index in [4.69, 9.17) is 4.74 Å². The highest BCUT2D eigenvalue weighted by Gasteiger charge is 2.27. The van der Waals surface area contributed by atoms with E-state index in [0.29, 0.717) is 12.1 Å². The Morgan fingerprint density at radius 2 is 2.31 bits per heavy atom. The van der Waals surface area contributed by atoms with Crippen molar-refractivity contribution in [3.8, 4) is 0 Å². The summed E-state index contributed by atoms with van der Waals surface area (Å²) in [4.78, 5) is 0. The molecule has 0 aromatic heterocycles. The zero-order valence-electron chi connectivity index (χ0n) is 9.56. The topological polar surface area (TPSA) is 55.4 Å². The van der Waals surface area contributed by atoms with E-state index < -0.39 is 9.84 Å². The molecule has 16 heavy (non-hydrogen) atoms. The fraction of sp³-hybridized carbons (Fsp3) is 0.818. The van der Waals surface area contributed by atoms with Gasteiger partial charge in [-0.15, -0.1) is 0 Å². The maximum atomic E-state index is 11.3. The molecule has 1 saturated heterocycles. The third-order valence-electron chi connectivity index (χ3n) is 3.20. The van der Waals surface area contributed by atoms with Crippen LogP contribution in [0.3, 0.4) is 0 Å². The van der Waals surface area contributed by atoms with Crippen molar-refractivity contribution in [2.75, 3.05) is 12.4 Å². The van der Waals surface area contributed by atoms with Crippen LogP contribution in [0.5, 0.6) is 0 Å². The molecule has 0 aliphatic carbocycles. The fourth-order valence-corrected chi connectivity index (χ4v) is 3.55. The average molecular weight is 245 g/mol. The van der Waals surface area contributed by atoms with Crippen LogP contribution in [0, 0.1) is 0 Å². The van der Waals surface area contributed by atoms with Gasteiger partial charge in [0.25, 0.3) is 0 Å². The molecular weight excluding hydrogens is 226 g/mol. The Balaban J connectivity index is 1.84. The van der Waals surface area contributed by atoms with Crippen LogP contribution < -0.4 is 5.32 Å². The molecule has 5 heteroatoms. The van der Waals surface area contributed by atoms with Crippen LogP contribution in [0.15, 0.2) is 11.5 Å². The zero-order valence-corrected chi connectivity index (χ0v) is 10.4. The second-order valence-corrected chi connectivity index (χ2v) is 6.48. The number of hydrogen-bond acceptors (Lipinski definition) is 4. The van der Waals surface area contributed by atoms with Gasteiger partial charge < -0.3 is 10.1 Å². The predicted molar refractivity (Wildman–Crippen MR) is 62.9 cm³/mol. The molecule has 0 radical (unpaired) electrons. The average Bonchev–Trinajstić information content (AvgIpc) is 2.58. The van der Waals surface area contributed by atoms with E-state index in [1.54, 1.807) is 6.08 Å². The van der Waals surface area contributed by atoms with Gasteiger partial charge in [0.2, 0.25) is 0 Å². The first-order valence-electron chi connectivity index (χ1n) is 5.87. The predicted octanol–water partition coefficient (Wildman–Crippen LogP) is 0.844. The molecule has 2 aliphatic heterocycles. The lowest BCUT2D eigenvalue weighted by Gasteiger charge is -2.31. The van der Waals surface area contributed by atoms with Crippen molar-refractivity contribution >= 4 is 9.84 Å². The van der Waals surface area contributed by atoms with Crippen molar-refractivity contribution in [2.45, 2.75) is 44.4 Å². The third kappa shape index (κ3) is 3.06. The summed E-state index contributed by atoms with van der Waals surface area (Å²) in [6, 6.07) is 0.382. The Morgan fingerprint density at radius 1 is 1.50 bits per heavy atom. The Morgan fingerprint density at radius 3 is 2.94 bits per heavy atom. The van der Waals surface area contributed by atoms with Crippen molar-refractivity contribution in [3.05, 3.63) is 11.5 Å². The molecule has 0 aromatic carbocycles. The van der Waals surface area contributed by atoms with Crippen LogP contribution in [0.25, 0.3) is 0 Å². The van der Waals surface area contributed by atoms with Gasteiger partial charge in [-0.2, -0.15) is 0 Å². The van der Waals surface area contributed by atoms with E-state index in [1.165, 1.54) is 5.41 Å². The molecule has 4 nitrogen and oxygen atoms in total. The molecule has 0 bridgehead atoms. The van der Waals surface area contributed by atoms with E-state index in [0.717, 1.165) is 25.9 Å². The first kappa shape index (κ1) is 12.1. The maximum Gasteiger partial charge on any atom is 0.173 e. The highest BCUT2D eigenvalue weighted by molar-refractivity contribution is 7.94. The van der Waals surface area contributed by atoms with Gasteiger partial charge >= 0.3 is 0 Å². The van der Waals surface area contributed by atoms with E-state index in [-0.39, 0.29) is 11.8 Å². The van der Waals surface area contributed by atoms with Gasteiger partial charge in [0, 0.05) is 24.1 Å². The maximum absolute atomic E-state index is 11.3. The SMILES string of the molecule is CCC1CC(NC2C=CS(=O)(=O)C2)CCO1. The van der Waals surface area contributed by atoms with Gasteiger partial charge in [0.1, 0.15) is 0 Å². The van der Waals surface area contributed by atoms with Crippen LogP contribution in [-0.4, -0.2) is 39.0 Å². The Labute approximate surface area is 97.0 Å². The summed E-state index contributed by atoms with van der Waals surface area (Å²) in [5, 5.41) is 4.71. The van der Waals surface area contributed by atoms with Crippen molar-refractivity contribution in [1.29, 1.82) is 0 Å². The van der Waals surface area contributed by atoms with Gasteiger partial charge in [-0.25, -0.2) is 8.42 Å². The summed E-state index contributed by atoms with van der Waals surface area (Å²) in [6.07, 6.45) is 5.07. The van der Waals surface area contributed by atoms with Crippen LogP contribution in [0.1, 0.15) is 26.2 Å². The molecule has 0 saturated carbocycles. The molecule has 0 aromatic rings. The van der Waals surface area contributed by atoms with E-state index in [9.17, 15) is 8.42 Å². The fourth-order valence-electron chi connectivity index (χ4n) is 2.30. The number of hydrogen-bond donors (Lipinski definition) is 1. The second-order valence-electron chi connectivity index (χ2n) is 4.55. The molecule has 3 unspecified atom stereocenters. The van der Waals surface area contributed by atoms with E-state index >= 15 is 0 Å². The molecular formula is C11H19NO3S. The highest BCUT2D eigenvalue weighted by Crippen LogP contribution is 2.18. The molecule has 92 valence electrons. The number of sulfone groups is 1. The highest BCUT2D eigenvalue weighted by atomic mass is 32.2. The molecule has 2 aliphatic rings. The third-order valence-corrected chi connectivity index (χ3v) is 4.60. The summed E-state index contributed by atoms with van der Waals surface area (Å²) < 4.78 is 28.1. The van der Waals surface area contributed by atoms with Crippen LogP contribution in [0.4, 0.5) is 0 Å². The molecule has 2 rings (SSSR count). The summed E-state index contributed by atoms with van der Waals surface area (Å²) in [6.45, 7) is 2.90. The number of nitrogens with one attached hydrogen (secondary N) is 1. The molecule has 1 N–H and O–H groups in total. The molecule has 2 heterocycles. The standard InChI is InChI=1S/C11H19NO3S/c1-2-11-7-9(3-5-15-11)12-10-4-6-16(13,14)8-10/h4,6,9-12H,2-3,5,7-8H2,1H3. The number of ether oxygens (including phenoxy) is 1. The minimum absolute atomic E-state index is 0.00870. The van der Waals surface area contributed by atoms with Crippen molar-refractivity contribution < 1.29 is 13.2 Å². The second kappa shape index (κ2) is 4.85. The lowest BCUT2D eigenvalue weighted by molar-refractivity contribution is -0.000714. The summed E-state index contributed by atoms with van der Waals surface area (Å²) in [7, 11) is -2.94. The van der Waals surface area contributed by atoms with Crippen molar-refractivity contribution in [1.82, 2.24) is 5.32 Å². The summed E-state index contributed by atoms with van der Waals surface area (Å²) >= 11 is 0. The van der Waals surface area contributed by atoms with Gasteiger partial charge in [-0.1, -0.05) is 13.0 Å². The molecule has 1 fully saturated rings. The summed E-state index contributed by atoms with van der Waals surface area (Å²) in [5.41, 5.74) is 0. The van der Waals surface area contributed by atoms with Gasteiger partial charge in [0.05, 0.1) is 11.9 Å². The molecule has 3 atom stereocenters. The first-order valence-corrected chi connectivity index (χ1v) is 7.59. The molecule has 0 spiro atoms. The largest absolute Gasteiger partial charge is 0.378 e. The van der Waals surface area contributed by atoms with Crippen molar-refractivity contribution in [2.24, 2.45) is 0 Å². The van der Waals surface area contributed by atoms with E-state index in [2.05, 4.69) is 12.2 Å². The Hall–Kier alpha value is -0.390. The first-order chi connectivity index (χ1) is 7.59. The Kier molecular flexibility index (Phi) is 3.66. The van der Waals surface area contributed by atoms with Crippen LogP contribution in [0.2, 0.25) is 0 Å². The molecule has 0 amide bonds.